The van der Waals surface area contributed by atoms with E-state index >= 15 is 0 Å². The van der Waals surface area contributed by atoms with E-state index in [1.165, 1.54) is 13.2 Å². The van der Waals surface area contributed by atoms with Crippen LogP contribution >= 0.6 is 0 Å². The molecule has 0 radical (unpaired) electrons. The first kappa shape index (κ1) is 18.2. The van der Waals surface area contributed by atoms with Crippen LogP contribution in [0, 0.1) is 0 Å². The van der Waals surface area contributed by atoms with Gasteiger partial charge in [0.05, 0.1) is 31.2 Å². The van der Waals surface area contributed by atoms with Crippen molar-refractivity contribution in [1.29, 1.82) is 0 Å². The molecule has 9 nitrogen and oxygen atoms in total. The third-order valence-corrected chi connectivity index (χ3v) is 5.07. The molecule has 1 aliphatic rings. The Morgan fingerprint density at radius 2 is 2.12 bits per heavy atom. The molecule has 0 aliphatic carbocycles. The molecule has 0 bridgehead atoms. The molecule has 0 saturated carbocycles. The summed E-state index contributed by atoms with van der Waals surface area (Å²) in [6.07, 6.45) is 3.99. The van der Waals surface area contributed by atoms with Gasteiger partial charge < -0.3 is 14.8 Å². The third kappa shape index (κ3) is 4.52. The maximum atomic E-state index is 11.9. The number of hydrogen-bond donors (Lipinski definition) is 1. The topological polar surface area (TPSA) is 103 Å². The highest BCUT2D eigenvalue weighted by Gasteiger charge is 2.21. The number of aromatic nitrogens is 2. The number of anilines is 1. The van der Waals surface area contributed by atoms with E-state index in [-0.39, 0.29) is 12.6 Å². The molecule has 1 N–H and O–H groups in total. The van der Waals surface area contributed by atoms with Crippen LogP contribution in [0.2, 0.25) is 0 Å². The molecule has 1 aliphatic heterocycles. The van der Waals surface area contributed by atoms with Gasteiger partial charge >= 0.3 is 0 Å². The van der Waals surface area contributed by atoms with E-state index in [0.717, 1.165) is 10.6 Å². The average Bonchev–Trinajstić information content (AvgIpc) is 3.00. The van der Waals surface area contributed by atoms with E-state index in [1.807, 2.05) is 24.3 Å². The van der Waals surface area contributed by atoms with Crippen molar-refractivity contribution in [3.63, 3.8) is 0 Å². The van der Waals surface area contributed by atoms with Gasteiger partial charge in [0.1, 0.15) is 6.61 Å². The van der Waals surface area contributed by atoms with Gasteiger partial charge in [0.25, 0.3) is 0 Å². The fourth-order valence-electron chi connectivity index (χ4n) is 2.41. The molecule has 0 spiro atoms. The minimum absolute atomic E-state index is 0.204. The predicted octanol–water partition coefficient (Wildman–Crippen LogP) is 0.553. The molecule has 26 heavy (non-hydrogen) atoms. The van der Waals surface area contributed by atoms with E-state index in [1.54, 1.807) is 10.9 Å². The first-order valence-corrected chi connectivity index (χ1v) is 9.78. The lowest BCUT2D eigenvalue weighted by molar-refractivity contribution is -0.116. The molecule has 1 atom stereocenters. The Labute approximate surface area is 151 Å². The summed E-state index contributed by atoms with van der Waals surface area (Å²) in [6, 6.07) is 7.45. The Bertz CT molecular complexity index is 896. The van der Waals surface area contributed by atoms with Gasteiger partial charge in [-0.25, -0.2) is 8.42 Å². The van der Waals surface area contributed by atoms with Crippen molar-refractivity contribution in [2.75, 3.05) is 31.8 Å². The van der Waals surface area contributed by atoms with E-state index in [0.29, 0.717) is 30.3 Å². The SMILES string of the molecule is CN(CC(=O)Nc1cnn(C[C@H]2COc3ccccc3O2)c1)S(C)(=O)=O. The molecule has 1 amide bonds. The number of rotatable bonds is 6. The number of ether oxygens (including phenoxy) is 2. The van der Waals surface area contributed by atoms with E-state index in [4.69, 9.17) is 9.47 Å². The zero-order chi connectivity index (χ0) is 18.7. The van der Waals surface area contributed by atoms with Crippen molar-refractivity contribution in [2.24, 2.45) is 0 Å². The van der Waals surface area contributed by atoms with E-state index in [2.05, 4.69) is 10.4 Å². The molecule has 10 heteroatoms. The third-order valence-electron chi connectivity index (χ3n) is 3.81. The fraction of sp³-hybridized carbons (Fsp3) is 0.375. The first-order valence-electron chi connectivity index (χ1n) is 7.93. The van der Waals surface area contributed by atoms with Crippen molar-refractivity contribution in [3.05, 3.63) is 36.7 Å². The van der Waals surface area contributed by atoms with Gasteiger partial charge in [-0.2, -0.15) is 9.40 Å². The lowest BCUT2D eigenvalue weighted by Crippen LogP contribution is -2.34. The highest BCUT2D eigenvalue weighted by molar-refractivity contribution is 7.88. The average molecular weight is 380 g/mol. The molecule has 0 saturated heterocycles. The Morgan fingerprint density at radius 1 is 1.38 bits per heavy atom. The number of fused-ring (bicyclic) bond motifs is 1. The van der Waals surface area contributed by atoms with Crippen molar-refractivity contribution < 1.29 is 22.7 Å². The molecular formula is C16H20N4O5S. The smallest absolute Gasteiger partial charge is 0.239 e. The van der Waals surface area contributed by atoms with Crippen LogP contribution in [0.1, 0.15) is 0 Å². The summed E-state index contributed by atoms with van der Waals surface area (Å²) in [6.45, 7) is 0.589. The van der Waals surface area contributed by atoms with Crippen LogP contribution in [0.15, 0.2) is 36.7 Å². The maximum Gasteiger partial charge on any atom is 0.239 e. The normalized spacial score (nSPS) is 16.5. The van der Waals surface area contributed by atoms with Crippen LogP contribution in [0.25, 0.3) is 0 Å². The van der Waals surface area contributed by atoms with Crippen molar-refractivity contribution in [1.82, 2.24) is 14.1 Å². The summed E-state index contributed by atoms with van der Waals surface area (Å²) in [5, 5.41) is 6.80. The predicted molar refractivity (Wildman–Crippen MR) is 94.7 cm³/mol. The van der Waals surface area contributed by atoms with Crippen molar-refractivity contribution >= 4 is 21.6 Å². The number of carbonyl (C=O) groups excluding carboxylic acids is 1. The Balaban J connectivity index is 1.55. The number of nitrogens with one attached hydrogen (secondary N) is 1. The van der Waals surface area contributed by atoms with Crippen LogP contribution in [-0.4, -0.2) is 61.0 Å². The van der Waals surface area contributed by atoms with Crippen LogP contribution in [0.3, 0.4) is 0 Å². The summed E-state index contributed by atoms with van der Waals surface area (Å²) in [5.74, 6) is 0.962. The van der Waals surface area contributed by atoms with Crippen molar-refractivity contribution in [3.8, 4) is 11.5 Å². The Kier molecular flexibility index (Phi) is 5.14. The molecule has 3 rings (SSSR count). The van der Waals surface area contributed by atoms with Gasteiger partial charge in [-0.1, -0.05) is 12.1 Å². The lowest BCUT2D eigenvalue weighted by atomic mass is 10.2. The second-order valence-electron chi connectivity index (χ2n) is 6.02. The minimum Gasteiger partial charge on any atom is -0.486 e. The van der Waals surface area contributed by atoms with Crippen molar-refractivity contribution in [2.45, 2.75) is 12.6 Å². The Morgan fingerprint density at radius 3 is 2.85 bits per heavy atom. The van der Waals surface area contributed by atoms with Gasteiger partial charge in [0, 0.05) is 13.2 Å². The van der Waals surface area contributed by atoms with E-state index in [9.17, 15) is 13.2 Å². The van der Waals surface area contributed by atoms with Gasteiger partial charge in [-0.3, -0.25) is 9.48 Å². The van der Waals surface area contributed by atoms with Gasteiger partial charge in [0.15, 0.2) is 17.6 Å². The molecule has 0 unspecified atom stereocenters. The zero-order valence-corrected chi connectivity index (χ0v) is 15.3. The largest absolute Gasteiger partial charge is 0.486 e. The zero-order valence-electron chi connectivity index (χ0n) is 14.5. The number of nitrogens with zero attached hydrogens (tertiary/aromatic N) is 3. The number of carbonyl (C=O) groups is 1. The molecule has 1 aromatic heterocycles. The summed E-state index contributed by atoms with van der Waals surface area (Å²) in [7, 11) is -2.06. The number of amides is 1. The fourth-order valence-corrected chi connectivity index (χ4v) is 2.76. The van der Waals surface area contributed by atoms with Gasteiger partial charge in [-0.05, 0) is 12.1 Å². The van der Waals surface area contributed by atoms with Crippen LogP contribution < -0.4 is 14.8 Å². The molecule has 1 aromatic carbocycles. The first-order chi connectivity index (χ1) is 12.3. The second kappa shape index (κ2) is 7.34. The summed E-state index contributed by atoms with van der Waals surface area (Å²) >= 11 is 0. The molecule has 2 aromatic rings. The number of hydrogen-bond acceptors (Lipinski definition) is 6. The molecule has 0 fully saturated rings. The highest BCUT2D eigenvalue weighted by atomic mass is 32.2. The highest BCUT2D eigenvalue weighted by Crippen LogP contribution is 2.31. The van der Waals surface area contributed by atoms with Gasteiger partial charge in [0.2, 0.25) is 15.9 Å². The quantitative estimate of drug-likeness (QED) is 0.785. The second-order valence-corrected chi connectivity index (χ2v) is 8.11. The number of para-hydroxylation sites is 2. The summed E-state index contributed by atoms with van der Waals surface area (Å²) in [4.78, 5) is 11.9. The molecular weight excluding hydrogens is 360 g/mol. The summed E-state index contributed by atoms with van der Waals surface area (Å²) in [5.41, 5.74) is 0.481. The summed E-state index contributed by atoms with van der Waals surface area (Å²) < 4.78 is 36.8. The molecule has 2 heterocycles. The number of likely N-dealkylation sites (N-methyl/N-ethyl adjacent to an activating group) is 1. The minimum atomic E-state index is -3.41. The van der Waals surface area contributed by atoms with Crippen LogP contribution in [0.5, 0.6) is 11.5 Å². The van der Waals surface area contributed by atoms with Gasteiger partial charge in [-0.15, -0.1) is 0 Å². The Hall–Kier alpha value is -2.59. The number of sulfonamides is 1. The lowest BCUT2D eigenvalue weighted by Gasteiger charge is -2.26. The van der Waals surface area contributed by atoms with Crippen LogP contribution in [-0.2, 0) is 21.4 Å². The van der Waals surface area contributed by atoms with E-state index < -0.39 is 15.9 Å². The standard InChI is InChI=1S/C16H20N4O5S/c1-19(26(2,22)23)10-16(21)18-12-7-17-20(8-12)9-13-11-24-14-5-3-4-6-15(14)25-13/h3-8,13H,9-11H2,1-2H3,(H,18,21)/t13-/m0/s1. The monoisotopic (exact) mass is 380 g/mol. The molecule has 140 valence electrons. The number of benzene rings is 1. The maximum absolute atomic E-state index is 11.9. The van der Waals surface area contributed by atoms with Crippen LogP contribution in [0.4, 0.5) is 5.69 Å².